The minimum Gasteiger partial charge on any atom is -0.289 e. The molecule has 0 heterocycles. The zero-order chi connectivity index (χ0) is 13.3. The van der Waals surface area contributed by atoms with E-state index in [0.717, 1.165) is 23.3 Å². The van der Waals surface area contributed by atoms with Crippen LogP contribution < -0.4 is 0 Å². The molecule has 0 radical (unpaired) electrons. The molecular weight excluding hydrogens is 234 g/mol. The van der Waals surface area contributed by atoms with Gasteiger partial charge in [-0.2, -0.15) is 0 Å². The fourth-order valence-corrected chi connectivity index (χ4v) is 1.95. The molecule has 0 saturated heterocycles. The third-order valence-electron chi connectivity index (χ3n) is 2.89. The van der Waals surface area contributed by atoms with Gasteiger partial charge >= 0.3 is 0 Å². The Morgan fingerprint density at radius 1 is 0.944 bits per heavy atom. The molecule has 0 bridgehead atoms. The van der Waals surface area contributed by atoms with Crippen molar-refractivity contribution in [1.82, 2.24) is 0 Å². The molecular formula is C15H12F2O. The fraction of sp³-hybridized carbons (Fsp3) is 0.133. The molecule has 1 nitrogen and oxygen atoms in total. The summed E-state index contributed by atoms with van der Waals surface area (Å²) in [5, 5.41) is 0. The monoisotopic (exact) mass is 246 g/mol. The summed E-state index contributed by atoms with van der Waals surface area (Å²) in [5.74, 6) is -2.25. The lowest BCUT2D eigenvalue weighted by molar-refractivity contribution is 0.103. The number of hydrogen-bond acceptors (Lipinski definition) is 1. The van der Waals surface area contributed by atoms with Gasteiger partial charge in [-0.25, -0.2) is 8.78 Å². The number of benzene rings is 2. The van der Waals surface area contributed by atoms with E-state index >= 15 is 0 Å². The minimum atomic E-state index is -1.01. The molecule has 0 N–H and O–H groups in total. The van der Waals surface area contributed by atoms with Gasteiger partial charge in [-0.15, -0.1) is 0 Å². The maximum absolute atomic E-state index is 13.1. The Labute approximate surface area is 104 Å². The highest BCUT2D eigenvalue weighted by molar-refractivity contribution is 6.10. The molecule has 0 amide bonds. The lowest BCUT2D eigenvalue weighted by atomic mass is 9.95. The predicted molar refractivity (Wildman–Crippen MR) is 65.7 cm³/mol. The van der Waals surface area contributed by atoms with Crippen LogP contribution in [-0.4, -0.2) is 5.78 Å². The van der Waals surface area contributed by atoms with Crippen molar-refractivity contribution in [2.24, 2.45) is 0 Å². The van der Waals surface area contributed by atoms with Gasteiger partial charge in [-0.3, -0.25) is 4.79 Å². The SMILES string of the molecule is Cc1cccc(C)c1C(=O)c1ccc(F)c(F)c1. The molecule has 18 heavy (non-hydrogen) atoms. The van der Waals surface area contributed by atoms with E-state index in [2.05, 4.69) is 0 Å². The molecule has 0 fully saturated rings. The van der Waals surface area contributed by atoms with E-state index in [1.54, 1.807) is 0 Å². The normalized spacial score (nSPS) is 10.4. The zero-order valence-corrected chi connectivity index (χ0v) is 10.1. The molecule has 0 aliphatic rings. The molecule has 0 saturated carbocycles. The highest BCUT2D eigenvalue weighted by Gasteiger charge is 2.15. The zero-order valence-electron chi connectivity index (χ0n) is 10.1. The lowest BCUT2D eigenvalue weighted by Crippen LogP contribution is -2.07. The largest absolute Gasteiger partial charge is 0.289 e. The first kappa shape index (κ1) is 12.4. The number of halogens is 2. The minimum absolute atomic E-state index is 0.159. The third-order valence-corrected chi connectivity index (χ3v) is 2.89. The molecule has 2 rings (SSSR count). The fourth-order valence-electron chi connectivity index (χ4n) is 1.95. The maximum Gasteiger partial charge on any atom is 0.193 e. The van der Waals surface area contributed by atoms with E-state index in [4.69, 9.17) is 0 Å². The van der Waals surface area contributed by atoms with Crippen molar-refractivity contribution in [1.29, 1.82) is 0 Å². The van der Waals surface area contributed by atoms with Gasteiger partial charge in [0.15, 0.2) is 17.4 Å². The summed E-state index contributed by atoms with van der Waals surface area (Å²) in [4.78, 5) is 12.3. The van der Waals surface area contributed by atoms with Crippen molar-refractivity contribution < 1.29 is 13.6 Å². The number of aryl methyl sites for hydroxylation is 2. The lowest BCUT2D eigenvalue weighted by Gasteiger charge is -2.08. The van der Waals surface area contributed by atoms with Crippen LogP contribution in [0.1, 0.15) is 27.0 Å². The summed E-state index contributed by atoms with van der Waals surface area (Å²) in [6.45, 7) is 3.64. The molecule has 0 atom stereocenters. The van der Waals surface area contributed by atoms with Crippen LogP contribution >= 0.6 is 0 Å². The Balaban J connectivity index is 2.51. The molecule has 0 aliphatic heterocycles. The quantitative estimate of drug-likeness (QED) is 0.736. The smallest absolute Gasteiger partial charge is 0.193 e. The van der Waals surface area contributed by atoms with Crippen molar-refractivity contribution in [3.63, 3.8) is 0 Å². The first-order chi connectivity index (χ1) is 8.50. The van der Waals surface area contributed by atoms with Crippen LogP contribution in [0.3, 0.4) is 0 Å². The van der Waals surface area contributed by atoms with Crippen molar-refractivity contribution >= 4 is 5.78 Å². The number of carbonyl (C=O) groups excluding carboxylic acids is 1. The van der Waals surface area contributed by atoms with Gasteiger partial charge in [0.05, 0.1) is 0 Å². The molecule has 3 heteroatoms. The average molecular weight is 246 g/mol. The van der Waals surface area contributed by atoms with Crippen molar-refractivity contribution in [2.75, 3.05) is 0 Å². The second kappa shape index (κ2) is 4.69. The Morgan fingerprint density at radius 3 is 2.11 bits per heavy atom. The van der Waals surface area contributed by atoms with Crippen LogP contribution in [0.15, 0.2) is 36.4 Å². The molecule has 2 aromatic rings. The molecule has 0 spiro atoms. The van der Waals surface area contributed by atoms with E-state index in [9.17, 15) is 13.6 Å². The summed E-state index contributed by atoms with van der Waals surface area (Å²) in [6, 6.07) is 8.69. The highest BCUT2D eigenvalue weighted by atomic mass is 19.2. The predicted octanol–water partition coefficient (Wildman–Crippen LogP) is 3.81. The van der Waals surface area contributed by atoms with E-state index in [1.165, 1.54) is 6.07 Å². The Kier molecular flexibility index (Phi) is 3.24. The Hall–Kier alpha value is -2.03. The summed E-state index contributed by atoms with van der Waals surface area (Å²) in [6.07, 6.45) is 0. The van der Waals surface area contributed by atoms with Crippen molar-refractivity contribution in [3.05, 3.63) is 70.3 Å². The van der Waals surface area contributed by atoms with Gasteiger partial charge < -0.3 is 0 Å². The number of carbonyl (C=O) groups is 1. The number of rotatable bonds is 2. The molecule has 92 valence electrons. The number of ketones is 1. The van der Waals surface area contributed by atoms with Crippen LogP contribution in [0, 0.1) is 25.5 Å². The number of hydrogen-bond donors (Lipinski definition) is 0. The Bertz CT molecular complexity index is 598. The van der Waals surface area contributed by atoms with Crippen LogP contribution in [0.2, 0.25) is 0 Å². The van der Waals surface area contributed by atoms with Gasteiger partial charge in [-0.05, 0) is 43.2 Å². The summed E-state index contributed by atoms with van der Waals surface area (Å²) in [5.41, 5.74) is 2.35. The van der Waals surface area contributed by atoms with Gasteiger partial charge in [0.1, 0.15) is 0 Å². The topological polar surface area (TPSA) is 17.1 Å². The van der Waals surface area contributed by atoms with Crippen LogP contribution in [0.4, 0.5) is 8.78 Å². The van der Waals surface area contributed by atoms with E-state index < -0.39 is 11.6 Å². The van der Waals surface area contributed by atoms with E-state index in [-0.39, 0.29) is 11.3 Å². The molecule has 0 aliphatic carbocycles. The van der Waals surface area contributed by atoms with Crippen LogP contribution in [0.5, 0.6) is 0 Å². The van der Waals surface area contributed by atoms with Gasteiger partial charge in [-0.1, -0.05) is 18.2 Å². The van der Waals surface area contributed by atoms with Crippen molar-refractivity contribution in [3.8, 4) is 0 Å². The summed E-state index contributed by atoms with van der Waals surface area (Å²) >= 11 is 0. The highest BCUT2D eigenvalue weighted by Crippen LogP contribution is 2.19. The molecule has 2 aromatic carbocycles. The van der Waals surface area contributed by atoms with Gasteiger partial charge in [0, 0.05) is 11.1 Å². The van der Waals surface area contributed by atoms with E-state index in [1.807, 2.05) is 32.0 Å². The van der Waals surface area contributed by atoms with Gasteiger partial charge in [0.25, 0.3) is 0 Å². The van der Waals surface area contributed by atoms with E-state index in [0.29, 0.717) is 5.56 Å². The standard InChI is InChI=1S/C15H12F2O/c1-9-4-3-5-10(2)14(9)15(18)11-6-7-12(16)13(17)8-11/h3-8H,1-2H3. The second-order valence-electron chi connectivity index (χ2n) is 4.22. The maximum atomic E-state index is 13.1. The first-order valence-corrected chi connectivity index (χ1v) is 5.56. The van der Waals surface area contributed by atoms with Gasteiger partial charge in [0.2, 0.25) is 0 Å². The Morgan fingerprint density at radius 2 is 1.56 bits per heavy atom. The van der Waals surface area contributed by atoms with Crippen LogP contribution in [-0.2, 0) is 0 Å². The average Bonchev–Trinajstić information content (AvgIpc) is 2.32. The molecule has 0 aromatic heterocycles. The molecule has 0 unspecified atom stereocenters. The first-order valence-electron chi connectivity index (χ1n) is 5.56. The second-order valence-corrected chi connectivity index (χ2v) is 4.22. The summed E-state index contributed by atoms with van der Waals surface area (Å²) in [7, 11) is 0. The third kappa shape index (κ3) is 2.16. The van der Waals surface area contributed by atoms with Crippen LogP contribution in [0.25, 0.3) is 0 Å². The summed E-state index contributed by atoms with van der Waals surface area (Å²) < 4.78 is 26.0. The van der Waals surface area contributed by atoms with Crippen molar-refractivity contribution in [2.45, 2.75) is 13.8 Å².